The van der Waals surface area contributed by atoms with Crippen molar-refractivity contribution in [3.05, 3.63) is 0 Å². The third-order valence-electron chi connectivity index (χ3n) is 3.46. The molecule has 3 N–H and O–H groups in total. The third kappa shape index (κ3) is 4.49. The van der Waals surface area contributed by atoms with Crippen molar-refractivity contribution in [3.8, 4) is 0 Å². The number of carbonyl (C=O) groups is 1. The number of amides is 1. The summed E-state index contributed by atoms with van der Waals surface area (Å²) < 4.78 is 0. The Kier molecular flexibility index (Phi) is 7.34. The van der Waals surface area contributed by atoms with Crippen molar-refractivity contribution < 1.29 is 4.79 Å². The first-order valence-corrected chi connectivity index (χ1v) is 6.19. The highest BCUT2D eigenvalue weighted by atomic mass is 16.1. The predicted octanol–water partition coefficient (Wildman–Crippen LogP) is 0.962. The van der Waals surface area contributed by atoms with Gasteiger partial charge in [0.1, 0.15) is 0 Å². The van der Waals surface area contributed by atoms with Crippen molar-refractivity contribution >= 4 is 5.91 Å². The Morgan fingerprint density at radius 1 is 1.44 bits per heavy atom. The first-order valence-electron chi connectivity index (χ1n) is 6.19. The van der Waals surface area contributed by atoms with Gasteiger partial charge in [-0.2, -0.15) is 0 Å². The SMILES string of the molecule is CCN(CCCC(=O)NC)C(C)(CC)CN. The molecule has 0 aliphatic heterocycles. The maximum Gasteiger partial charge on any atom is 0.219 e. The Labute approximate surface area is 99.6 Å². The summed E-state index contributed by atoms with van der Waals surface area (Å²) in [5.74, 6) is 0.113. The van der Waals surface area contributed by atoms with Gasteiger partial charge < -0.3 is 11.1 Å². The summed E-state index contributed by atoms with van der Waals surface area (Å²) in [4.78, 5) is 13.5. The van der Waals surface area contributed by atoms with Gasteiger partial charge in [0.2, 0.25) is 5.91 Å². The lowest BCUT2D eigenvalue weighted by atomic mass is 9.96. The predicted molar refractivity (Wildman–Crippen MR) is 68.3 cm³/mol. The lowest BCUT2D eigenvalue weighted by Crippen LogP contribution is -2.51. The van der Waals surface area contributed by atoms with Crippen LogP contribution in [0.3, 0.4) is 0 Å². The van der Waals surface area contributed by atoms with Crippen LogP contribution in [0.15, 0.2) is 0 Å². The van der Waals surface area contributed by atoms with Crippen LogP contribution in [0, 0.1) is 0 Å². The summed E-state index contributed by atoms with van der Waals surface area (Å²) in [6, 6.07) is 0. The highest BCUT2D eigenvalue weighted by Gasteiger charge is 2.26. The fourth-order valence-corrected chi connectivity index (χ4v) is 1.86. The minimum Gasteiger partial charge on any atom is -0.359 e. The van der Waals surface area contributed by atoms with Crippen LogP contribution < -0.4 is 11.1 Å². The molecule has 1 atom stereocenters. The normalized spacial score (nSPS) is 14.9. The van der Waals surface area contributed by atoms with E-state index in [0.717, 1.165) is 25.9 Å². The molecule has 0 spiro atoms. The molecule has 0 aliphatic carbocycles. The molecule has 0 bridgehead atoms. The van der Waals surface area contributed by atoms with E-state index in [2.05, 4.69) is 31.0 Å². The van der Waals surface area contributed by atoms with Crippen molar-refractivity contribution in [2.24, 2.45) is 5.73 Å². The molecule has 4 nitrogen and oxygen atoms in total. The van der Waals surface area contributed by atoms with Gasteiger partial charge in [0.15, 0.2) is 0 Å². The molecule has 0 aromatic heterocycles. The summed E-state index contributed by atoms with van der Waals surface area (Å²) >= 11 is 0. The van der Waals surface area contributed by atoms with Crippen LogP contribution in [0.2, 0.25) is 0 Å². The van der Waals surface area contributed by atoms with Gasteiger partial charge >= 0.3 is 0 Å². The Balaban J connectivity index is 4.14. The quantitative estimate of drug-likeness (QED) is 0.652. The van der Waals surface area contributed by atoms with E-state index in [1.807, 2.05) is 0 Å². The van der Waals surface area contributed by atoms with Crippen molar-refractivity contribution in [2.45, 2.75) is 45.6 Å². The molecule has 0 radical (unpaired) electrons. The summed E-state index contributed by atoms with van der Waals surface area (Å²) in [5.41, 5.74) is 5.90. The summed E-state index contributed by atoms with van der Waals surface area (Å²) in [6.07, 6.45) is 2.53. The topological polar surface area (TPSA) is 58.4 Å². The molecular weight excluding hydrogens is 202 g/mol. The molecule has 0 aromatic rings. The monoisotopic (exact) mass is 229 g/mol. The minimum absolute atomic E-state index is 0.0669. The molecule has 0 saturated heterocycles. The Morgan fingerprint density at radius 3 is 2.44 bits per heavy atom. The summed E-state index contributed by atoms with van der Waals surface area (Å²) in [5, 5.41) is 2.64. The Morgan fingerprint density at radius 2 is 2.06 bits per heavy atom. The minimum atomic E-state index is 0.0669. The second kappa shape index (κ2) is 7.63. The number of rotatable bonds is 8. The standard InChI is InChI=1S/C12H27N3O/c1-5-12(3,10-13)15(6-2)9-7-8-11(16)14-4/h5-10,13H2,1-4H3,(H,14,16). The second-order valence-electron chi connectivity index (χ2n) is 4.41. The number of hydrogen-bond acceptors (Lipinski definition) is 3. The number of likely N-dealkylation sites (N-methyl/N-ethyl adjacent to an activating group) is 1. The number of carbonyl (C=O) groups excluding carboxylic acids is 1. The van der Waals surface area contributed by atoms with Gasteiger partial charge in [-0.25, -0.2) is 0 Å². The highest BCUT2D eigenvalue weighted by Crippen LogP contribution is 2.18. The van der Waals surface area contributed by atoms with Crippen molar-refractivity contribution in [3.63, 3.8) is 0 Å². The number of nitrogens with two attached hydrogens (primary N) is 1. The van der Waals surface area contributed by atoms with Crippen LogP contribution in [0.5, 0.6) is 0 Å². The van der Waals surface area contributed by atoms with Crippen LogP contribution in [0.1, 0.15) is 40.0 Å². The molecule has 1 amide bonds. The van der Waals surface area contributed by atoms with Crippen LogP contribution in [0.25, 0.3) is 0 Å². The fraction of sp³-hybridized carbons (Fsp3) is 0.917. The van der Waals surface area contributed by atoms with Gasteiger partial charge in [-0.05, 0) is 32.9 Å². The van der Waals surface area contributed by atoms with Crippen LogP contribution in [-0.2, 0) is 4.79 Å². The van der Waals surface area contributed by atoms with E-state index >= 15 is 0 Å². The van der Waals surface area contributed by atoms with Crippen molar-refractivity contribution in [1.82, 2.24) is 10.2 Å². The molecule has 0 saturated carbocycles. The third-order valence-corrected chi connectivity index (χ3v) is 3.46. The first-order chi connectivity index (χ1) is 7.53. The Hall–Kier alpha value is -0.610. The molecule has 0 aliphatic rings. The van der Waals surface area contributed by atoms with Gasteiger partial charge in [0.25, 0.3) is 0 Å². The zero-order valence-corrected chi connectivity index (χ0v) is 11.2. The second-order valence-corrected chi connectivity index (χ2v) is 4.41. The van der Waals surface area contributed by atoms with E-state index in [1.165, 1.54) is 0 Å². The van der Waals surface area contributed by atoms with E-state index in [4.69, 9.17) is 5.73 Å². The average molecular weight is 229 g/mol. The number of nitrogens with zero attached hydrogens (tertiary/aromatic N) is 1. The molecule has 4 heteroatoms. The number of nitrogens with one attached hydrogen (secondary N) is 1. The van der Waals surface area contributed by atoms with Crippen LogP contribution in [0.4, 0.5) is 0 Å². The molecule has 1 unspecified atom stereocenters. The maximum absolute atomic E-state index is 11.1. The van der Waals surface area contributed by atoms with E-state index in [1.54, 1.807) is 7.05 Å². The van der Waals surface area contributed by atoms with Gasteiger partial charge in [0.05, 0.1) is 0 Å². The maximum atomic E-state index is 11.1. The van der Waals surface area contributed by atoms with Gasteiger partial charge in [-0.15, -0.1) is 0 Å². The molecule has 0 heterocycles. The smallest absolute Gasteiger partial charge is 0.219 e. The Bertz CT molecular complexity index is 202. The first kappa shape index (κ1) is 15.4. The fourth-order valence-electron chi connectivity index (χ4n) is 1.86. The summed E-state index contributed by atoms with van der Waals surface area (Å²) in [6.45, 7) is 9.08. The zero-order chi connectivity index (χ0) is 12.6. The molecule has 96 valence electrons. The lowest BCUT2D eigenvalue weighted by molar-refractivity contribution is -0.120. The van der Waals surface area contributed by atoms with E-state index in [9.17, 15) is 4.79 Å². The summed E-state index contributed by atoms with van der Waals surface area (Å²) in [7, 11) is 1.68. The van der Waals surface area contributed by atoms with Gasteiger partial charge in [-0.1, -0.05) is 13.8 Å². The molecular formula is C12H27N3O. The van der Waals surface area contributed by atoms with Crippen LogP contribution >= 0.6 is 0 Å². The lowest BCUT2D eigenvalue weighted by Gasteiger charge is -2.39. The van der Waals surface area contributed by atoms with Crippen molar-refractivity contribution in [1.29, 1.82) is 0 Å². The van der Waals surface area contributed by atoms with E-state index < -0.39 is 0 Å². The molecule has 16 heavy (non-hydrogen) atoms. The van der Waals surface area contributed by atoms with E-state index in [0.29, 0.717) is 13.0 Å². The van der Waals surface area contributed by atoms with Crippen molar-refractivity contribution in [2.75, 3.05) is 26.7 Å². The molecule has 0 rings (SSSR count). The number of hydrogen-bond donors (Lipinski definition) is 2. The van der Waals surface area contributed by atoms with Crippen LogP contribution in [-0.4, -0.2) is 43.0 Å². The molecule has 0 fully saturated rings. The van der Waals surface area contributed by atoms with E-state index in [-0.39, 0.29) is 11.4 Å². The van der Waals surface area contributed by atoms with Gasteiger partial charge in [-0.3, -0.25) is 9.69 Å². The largest absolute Gasteiger partial charge is 0.359 e. The zero-order valence-electron chi connectivity index (χ0n) is 11.2. The van der Waals surface area contributed by atoms with Gasteiger partial charge in [0, 0.05) is 25.6 Å². The molecule has 0 aromatic carbocycles. The highest BCUT2D eigenvalue weighted by molar-refractivity contribution is 5.75. The average Bonchev–Trinajstić information content (AvgIpc) is 2.33.